The zero-order valence-corrected chi connectivity index (χ0v) is 18.1. The molecule has 0 unspecified atom stereocenters. The first-order chi connectivity index (χ1) is 13.9. The minimum Gasteiger partial charge on any atom is -0.351 e. The molecule has 1 aliphatic heterocycles. The van der Waals surface area contributed by atoms with Crippen LogP contribution in [-0.2, 0) is 4.79 Å². The molecule has 2 aromatic rings. The molecule has 1 saturated heterocycles. The van der Waals surface area contributed by atoms with Crippen molar-refractivity contribution in [2.24, 2.45) is 0 Å². The number of thioether (sulfide) groups is 1. The van der Waals surface area contributed by atoms with E-state index in [2.05, 4.69) is 46.7 Å². The van der Waals surface area contributed by atoms with Crippen molar-refractivity contribution >= 4 is 29.3 Å². The highest BCUT2D eigenvalue weighted by Gasteiger charge is 2.28. The van der Waals surface area contributed by atoms with Crippen LogP contribution in [0.25, 0.3) is 0 Å². The number of hydrogen-bond donors (Lipinski definition) is 2. The Labute approximate surface area is 177 Å². The number of nitrogens with zero attached hydrogens (tertiary/aromatic N) is 1. The normalized spacial score (nSPS) is 16.6. The maximum absolute atomic E-state index is 12.6. The molecule has 0 saturated carbocycles. The van der Waals surface area contributed by atoms with Crippen LogP contribution in [0.1, 0.15) is 34.3 Å². The number of rotatable bonds is 7. The quantitative estimate of drug-likeness (QED) is 0.537. The Morgan fingerprint density at radius 2 is 1.90 bits per heavy atom. The van der Waals surface area contributed by atoms with Crippen LogP contribution in [-0.4, -0.2) is 48.6 Å². The molecule has 6 heteroatoms. The van der Waals surface area contributed by atoms with Gasteiger partial charge in [-0.05, 0) is 70.1 Å². The SMILES string of the molecule is Cc1ccc(SCCNC(=O)c2ccc(C)c(NC(=O)[C@@H]3CCCN3C)c2)cc1. The van der Waals surface area contributed by atoms with E-state index < -0.39 is 0 Å². The standard InChI is InChI=1S/C23H29N3O2S/c1-16-6-10-19(11-7-16)29-14-12-24-22(27)18-9-8-17(2)20(15-18)25-23(28)21-5-4-13-26(21)3/h6-11,15,21H,4-5,12-14H2,1-3H3,(H,24,27)(H,25,28)/t21-/m0/s1. The van der Waals surface area contributed by atoms with E-state index >= 15 is 0 Å². The number of likely N-dealkylation sites (tertiary alicyclic amines) is 1. The maximum Gasteiger partial charge on any atom is 0.251 e. The summed E-state index contributed by atoms with van der Waals surface area (Å²) in [5.74, 6) is 0.682. The van der Waals surface area contributed by atoms with Crippen molar-refractivity contribution < 1.29 is 9.59 Å². The highest BCUT2D eigenvalue weighted by atomic mass is 32.2. The Bertz CT molecular complexity index is 867. The molecule has 2 N–H and O–H groups in total. The smallest absolute Gasteiger partial charge is 0.251 e. The summed E-state index contributed by atoms with van der Waals surface area (Å²) in [6, 6.07) is 13.7. The molecule has 1 aliphatic rings. The summed E-state index contributed by atoms with van der Waals surface area (Å²) < 4.78 is 0. The first-order valence-electron chi connectivity index (χ1n) is 10.0. The number of carbonyl (C=O) groups is 2. The van der Waals surface area contributed by atoms with Gasteiger partial charge in [0.05, 0.1) is 6.04 Å². The zero-order chi connectivity index (χ0) is 20.8. The van der Waals surface area contributed by atoms with Gasteiger partial charge in [0.15, 0.2) is 0 Å². The molecule has 0 aliphatic carbocycles. The fourth-order valence-electron chi connectivity index (χ4n) is 3.43. The second-order valence-electron chi connectivity index (χ2n) is 7.58. The Balaban J connectivity index is 1.53. The third-order valence-corrected chi connectivity index (χ3v) is 6.27. The van der Waals surface area contributed by atoms with Gasteiger partial charge in [-0.3, -0.25) is 14.5 Å². The molecule has 0 aromatic heterocycles. The van der Waals surface area contributed by atoms with E-state index in [0.29, 0.717) is 17.8 Å². The molecule has 29 heavy (non-hydrogen) atoms. The zero-order valence-electron chi connectivity index (χ0n) is 17.3. The predicted octanol–water partition coefficient (Wildman–Crippen LogP) is 3.86. The molecule has 3 rings (SSSR count). The maximum atomic E-state index is 12.6. The predicted molar refractivity (Wildman–Crippen MR) is 120 cm³/mol. The lowest BCUT2D eigenvalue weighted by molar-refractivity contribution is -0.119. The topological polar surface area (TPSA) is 61.4 Å². The van der Waals surface area contributed by atoms with E-state index in [1.165, 1.54) is 10.5 Å². The summed E-state index contributed by atoms with van der Waals surface area (Å²) in [6.45, 7) is 5.53. The molecule has 0 bridgehead atoms. The van der Waals surface area contributed by atoms with Gasteiger partial charge in [-0.15, -0.1) is 11.8 Å². The Hall–Kier alpha value is -2.31. The van der Waals surface area contributed by atoms with Gasteiger partial charge in [-0.1, -0.05) is 23.8 Å². The van der Waals surface area contributed by atoms with Gasteiger partial charge in [0, 0.05) is 28.4 Å². The van der Waals surface area contributed by atoms with E-state index in [-0.39, 0.29) is 17.9 Å². The van der Waals surface area contributed by atoms with Gasteiger partial charge >= 0.3 is 0 Å². The summed E-state index contributed by atoms with van der Waals surface area (Å²) in [5.41, 5.74) is 3.46. The number of benzene rings is 2. The lowest BCUT2D eigenvalue weighted by Crippen LogP contribution is -2.37. The largest absolute Gasteiger partial charge is 0.351 e. The van der Waals surface area contributed by atoms with Gasteiger partial charge in [0.1, 0.15) is 0 Å². The van der Waals surface area contributed by atoms with Crippen LogP contribution in [0.3, 0.4) is 0 Å². The molecule has 1 heterocycles. The monoisotopic (exact) mass is 411 g/mol. The summed E-state index contributed by atoms with van der Waals surface area (Å²) >= 11 is 1.72. The fraction of sp³-hybridized carbons (Fsp3) is 0.391. The third-order valence-electron chi connectivity index (χ3n) is 5.26. The van der Waals surface area contributed by atoms with Crippen LogP contribution >= 0.6 is 11.8 Å². The Morgan fingerprint density at radius 1 is 1.14 bits per heavy atom. The second kappa shape index (κ2) is 9.94. The fourth-order valence-corrected chi connectivity index (χ4v) is 4.19. The molecule has 154 valence electrons. The van der Waals surface area contributed by atoms with Crippen molar-refractivity contribution in [3.05, 3.63) is 59.2 Å². The number of aryl methyl sites for hydroxylation is 2. The van der Waals surface area contributed by atoms with Crippen LogP contribution in [0.5, 0.6) is 0 Å². The number of carbonyl (C=O) groups excluding carboxylic acids is 2. The van der Waals surface area contributed by atoms with Gasteiger partial charge in [-0.2, -0.15) is 0 Å². The Morgan fingerprint density at radius 3 is 2.59 bits per heavy atom. The molecule has 0 spiro atoms. The van der Waals surface area contributed by atoms with Gasteiger partial charge in [-0.25, -0.2) is 0 Å². The average molecular weight is 412 g/mol. The lowest BCUT2D eigenvalue weighted by Gasteiger charge is -2.19. The van der Waals surface area contributed by atoms with Gasteiger partial charge in [0.2, 0.25) is 5.91 Å². The van der Waals surface area contributed by atoms with Crippen molar-refractivity contribution in [3.8, 4) is 0 Å². The van der Waals surface area contributed by atoms with E-state index in [1.807, 2.05) is 20.0 Å². The summed E-state index contributed by atoms with van der Waals surface area (Å²) in [5, 5.41) is 5.97. The molecular formula is C23H29N3O2S. The number of hydrogen-bond acceptors (Lipinski definition) is 4. The van der Waals surface area contributed by atoms with Crippen LogP contribution < -0.4 is 10.6 Å². The highest BCUT2D eigenvalue weighted by Crippen LogP contribution is 2.21. The molecule has 2 aromatic carbocycles. The Kier molecular flexibility index (Phi) is 7.34. The molecule has 2 amide bonds. The van der Waals surface area contributed by atoms with E-state index in [9.17, 15) is 9.59 Å². The van der Waals surface area contributed by atoms with E-state index in [0.717, 1.165) is 30.7 Å². The van der Waals surface area contributed by atoms with Crippen molar-refractivity contribution in [1.29, 1.82) is 0 Å². The summed E-state index contributed by atoms with van der Waals surface area (Å²) in [4.78, 5) is 28.4. The van der Waals surface area contributed by atoms with E-state index in [1.54, 1.807) is 23.9 Å². The van der Waals surface area contributed by atoms with Crippen LogP contribution in [0.2, 0.25) is 0 Å². The van der Waals surface area contributed by atoms with Crippen LogP contribution in [0, 0.1) is 13.8 Å². The molecule has 1 fully saturated rings. The van der Waals surface area contributed by atoms with Gasteiger partial charge < -0.3 is 10.6 Å². The molecule has 0 radical (unpaired) electrons. The number of amides is 2. The second-order valence-corrected chi connectivity index (χ2v) is 8.74. The summed E-state index contributed by atoms with van der Waals surface area (Å²) in [7, 11) is 1.97. The third kappa shape index (κ3) is 5.84. The average Bonchev–Trinajstić information content (AvgIpc) is 3.14. The first-order valence-corrected chi connectivity index (χ1v) is 11.0. The molecule has 5 nitrogen and oxygen atoms in total. The highest BCUT2D eigenvalue weighted by molar-refractivity contribution is 7.99. The van der Waals surface area contributed by atoms with E-state index in [4.69, 9.17) is 0 Å². The van der Waals surface area contributed by atoms with Crippen LogP contribution in [0.15, 0.2) is 47.4 Å². The van der Waals surface area contributed by atoms with Crippen molar-refractivity contribution in [2.45, 2.75) is 37.6 Å². The minimum absolute atomic E-state index is 0.000144. The number of anilines is 1. The van der Waals surface area contributed by atoms with Gasteiger partial charge in [0.25, 0.3) is 5.91 Å². The van der Waals surface area contributed by atoms with Crippen molar-refractivity contribution in [1.82, 2.24) is 10.2 Å². The molecular weight excluding hydrogens is 382 g/mol. The minimum atomic E-state index is -0.122. The number of nitrogens with one attached hydrogen (secondary N) is 2. The first kappa shape index (κ1) is 21.4. The molecule has 1 atom stereocenters. The number of likely N-dealkylation sites (N-methyl/N-ethyl adjacent to an activating group) is 1. The summed E-state index contributed by atoms with van der Waals surface area (Å²) in [6.07, 6.45) is 1.91. The lowest BCUT2D eigenvalue weighted by atomic mass is 10.1. The van der Waals surface area contributed by atoms with Crippen molar-refractivity contribution in [3.63, 3.8) is 0 Å². The van der Waals surface area contributed by atoms with Crippen LogP contribution in [0.4, 0.5) is 5.69 Å². The van der Waals surface area contributed by atoms with Crippen molar-refractivity contribution in [2.75, 3.05) is 31.2 Å².